The van der Waals surface area contributed by atoms with E-state index in [0.29, 0.717) is 11.6 Å². The van der Waals surface area contributed by atoms with Crippen molar-refractivity contribution in [3.05, 3.63) is 70.2 Å². The summed E-state index contributed by atoms with van der Waals surface area (Å²) in [6.07, 6.45) is 3.71. The lowest BCUT2D eigenvalue weighted by Crippen LogP contribution is -2.44. The normalized spacial score (nSPS) is 18.0. The third kappa shape index (κ3) is 5.31. The number of hydrogen-bond acceptors (Lipinski definition) is 3. The number of carbonyl (C=O) groups is 1. The lowest BCUT2D eigenvalue weighted by Gasteiger charge is -2.36. The highest BCUT2D eigenvalue weighted by atomic mass is 35.5. The molecule has 1 unspecified atom stereocenters. The van der Waals surface area contributed by atoms with E-state index in [2.05, 4.69) is 16.3 Å². The second-order valence-electron chi connectivity index (χ2n) is 6.88. The van der Waals surface area contributed by atoms with Crippen LogP contribution >= 0.6 is 11.6 Å². The minimum atomic E-state index is -0.886. The molecule has 5 heteroatoms. The Morgan fingerprint density at radius 3 is 2.69 bits per heavy atom. The summed E-state index contributed by atoms with van der Waals surface area (Å²) < 4.78 is 0. The van der Waals surface area contributed by atoms with Crippen molar-refractivity contribution in [2.24, 2.45) is 0 Å². The number of nitrogens with one attached hydrogen (secondary N) is 1. The summed E-state index contributed by atoms with van der Waals surface area (Å²) in [5.41, 5.74) is 2.69. The van der Waals surface area contributed by atoms with Crippen molar-refractivity contribution in [1.29, 1.82) is 0 Å². The van der Waals surface area contributed by atoms with Gasteiger partial charge in [-0.2, -0.15) is 0 Å². The maximum absolute atomic E-state index is 10.9. The van der Waals surface area contributed by atoms with Crippen LogP contribution in [0.5, 0.6) is 0 Å². The molecule has 2 aromatic rings. The van der Waals surface area contributed by atoms with Crippen LogP contribution in [0.25, 0.3) is 0 Å². The highest BCUT2D eigenvalue weighted by Gasteiger charge is 2.22. The smallest absolute Gasteiger partial charge is 0.335 e. The summed E-state index contributed by atoms with van der Waals surface area (Å²) in [4.78, 5) is 13.4. The fourth-order valence-corrected chi connectivity index (χ4v) is 3.73. The van der Waals surface area contributed by atoms with Crippen LogP contribution in [-0.2, 0) is 13.1 Å². The first-order valence-corrected chi connectivity index (χ1v) is 9.51. The maximum atomic E-state index is 10.9. The zero-order valence-electron chi connectivity index (χ0n) is 14.8. The summed E-state index contributed by atoms with van der Waals surface area (Å²) >= 11 is 6.11. The Balaban J connectivity index is 1.52. The summed E-state index contributed by atoms with van der Waals surface area (Å²) in [7, 11) is 0. The first-order chi connectivity index (χ1) is 12.6. The molecule has 138 valence electrons. The SMILES string of the molecule is O=C(O)c1ccc(CNCC2CCCCN2Cc2cccc(Cl)c2)cc1. The van der Waals surface area contributed by atoms with E-state index in [4.69, 9.17) is 16.7 Å². The zero-order valence-corrected chi connectivity index (χ0v) is 15.6. The van der Waals surface area contributed by atoms with Gasteiger partial charge >= 0.3 is 5.97 Å². The Hall–Kier alpha value is -1.88. The van der Waals surface area contributed by atoms with Crippen LogP contribution in [0, 0.1) is 0 Å². The summed E-state index contributed by atoms with van der Waals surface area (Å²) in [5.74, 6) is -0.886. The Labute approximate surface area is 159 Å². The Morgan fingerprint density at radius 1 is 1.15 bits per heavy atom. The number of carboxylic acids is 1. The van der Waals surface area contributed by atoms with Gasteiger partial charge in [0.05, 0.1) is 5.56 Å². The fraction of sp³-hybridized carbons (Fsp3) is 0.381. The van der Waals surface area contributed by atoms with Crippen LogP contribution < -0.4 is 5.32 Å². The highest BCUT2D eigenvalue weighted by molar-refractivity contribution is 6.30. The van der Waals surface area contributed by atoms with Gasteiger partial charge in [0.15, 0.2) is 0 Å². The van der Waals surface area contributed by atoms with E-state index in [9.17, 15) is 4.79 Å². The average Bonchev–Trinajstić information content (AvgIpc) is 2.63. The predicted octanol–water partition coefficient (Wildman–Crippen LogP) is 4.18. The first-order valence-electron chi connectivity index (χ1n) is 9.13. The molecule has 2 N–H and O–H groups in total. The lowest BCUT2D eigenvalue weighted by atomic mass is 10.0. The number of piperidine rings is 1. The summed E-state index contributed by atoms with van der Waals surface area (Å²) in [6.45, 7) is 3.73. The average molecular weight is 373 g/mol. The van der Waals surface area contributed by atoms with Crippen molar-refractivity contribution in [2.45, 2.75) is 38.4 Å². The third-order valence-electron chi connectivity index (χ3n) is 4.93. The van der Waals surface area contributed by atoms with Gasteiger partial charge in [0, 0.05) is 30.7 Å². The van der Waals surface area contributed by atoms with E-state index in [1.165, 1.54) is 24.8 Å². The Kier molecular flexibility index (Phi) is 6.67. The van der Waals surface area contributed by atoms with E-state index in [0.717, 1.165) is 36.8 Å². The molecule has 0 aliphatic carbocycles. The number of benzene rings is 2. The molecular formula is C21H25ClN2O2. The molecule has 0 radical (unpaired) electrons. The highest BCUT2D eigenvalue weighted by Crippen LogP contribution is 2.21. The van der Waals surface area contributed by atoms with Crippen molar-refractivity contribution in [2.75, 3.05) is 13.1 Å². The van der Waals surface area contributed by atoms with Gasteiger partial charge < -0.3 is 10.4 Å². The van der Waals surface area contributed by atoms with Gasteiger partial charge in [-0.1, -0.05) is 42.3 Å². The van der Waals surface area contributed by atoms with E-state index < -0.39 is 5.97 Å². The third-order valence-corrected chi connectivity index (χ3v) is 5.17. The van der Waals surface area contributed by atoms with Crippen LogP contribution in [0.2, 0.25) is 5.02 Å². The summed E-state index contributed by atoms with van der Waals surface area (Å²) in [6, 6.07) is 15.7. The van der Waals surface area contributed by atoms with Gasteiger partial charge in [-0.3, -0.25) is 4.90 Å². The largest absolute Gasteiger partial charge is 0.478 e. The van der Waals surface area contributed by atoms with Gasteiger partial charge in [0.1, 0.15) is 0 Å². The number of halogens is 1. The van der Waals surface area contributed by atoms with Crippen LogP contribution in [0.1, 0.15) is 40.7 Å². The number of likely N-dealkylation sites (tertiary alicyclic amines) is 1. The zero-order chi connectivity index (χ0) is 18.4. The monoisotopic (exact) mass is 372 g/mol. The van der Waals surface area contributed by atoms with Gasteiger partial charge in [0.2, 0.25) is 0 Å². The van der Waals surface area contributed by atoms with Crippen molar-refractivity contribution in [3.63, 3.8) is 0 Å². The lowest BCUT2D eigenvalue weighted by molar-refractivity contribution is 0.0697. The van der Waals surface area contributed by atoms with Crippen LogP contribution in [0.4, 0.5) is 0 Å². The quantitative estimate of drug-likeness (QED) is 0.765. The number of hydrogen-bond donors (Lipinski definition) is 2. The van der Waals surface area contributed by atoms with Gasteiger partial charge in [-0.05, 0) is 54.8 Å². The minimum absolute atomic E-state index is 0.328. The molecule has 1 aliphatic rings. The molecule has 1 aliphatic heterocycles. The van der Waals surface area contributed by atoms with Crippen molar-refractivity contribution >= 4 is 17.6 Å². The number of aromatic carboxylic acids is 1. The van der Waals surface area contributed by atoms with Gasteiger partial charge in [-0.15, -0.1) is 0 Å². The van der Waals surface area contributed by atoms with E-state index >= 15 is 0 Å². The number of rotatable bonds is 7. The molecule has 1 heterocycles. The van der Waals surface area contributed by atoms with Crippen molar-refractivity contribution < 1.29 is 9.90 Å². The fourth-order valence-electron chi connectivity index (χ4n) is 3.52. The topological polar surface area (TPSA) is 52.6 Å². The molecule has 3 rings (SSSR count). The molecule has 0 spiro atoms. The molecule has 1 atom stereocenters. The van der Waals surface area contributed by atoms with Crippen molar-refractivity contribution in [1.82, 2.24) is 10.2 Å². The van der Waals surface area contributed by atoms with Gasteiger partial charge in [0.25, 0.3) is 0 Å². The molecular weight excluding hydrogens is 348 g/mol. The van der Waals surface area contributed by atoms with Gasteiger partial charge in [-0.25, -0.2) is 4.79 Å². The number of nitrogens with zero attached hydrogens (tertiary/aromatic N) is 1. The summed E-state index contributed by atoms with van der Waals surface area (Å²) in [5, 5.41) is 13.3. The standard InChI is InChI=1S/C21H25ClN2O2/c22-19-5-3-4-17(12-19)15-24-11-2-1-6-20(24)14-23-13-16-7-9-18(10-8-16)21(25)26/h3-5,7-10,12,20,23H,1-2,6,11,13-15H2,(H,25,26). The first kappa shape index (κ1) is 18.9. The Morgan fingerprint density at radius 2 is 1.96 bits per heavy atom. The Bertz CT molecular complexity index is 733. The molecule has 0 saturated carbocycles. The molecule has 1 saturated heterocycles. The second-order valence-corrected chi connectivity index (χ2v) is 7.32. The molecule has 2 aromatic carbocycles. The van der Waals surface area contributed by atoms with Crippen LogP contribution in [-0.4, -0.2) is 35.1 Å². The molecule has 4 nitrogen and oxygen atoms in total. The van der Waals surface area contributed by atoms with E-state index in [-0.39, 0.29) is 0 Å². The number of carboxylic acid groups (broad SMARTS) is 1. The van der Waals surface area contributed by atoms with Crippen molar-refractivity contribution in [3.8, 4) is 0 Å². The van der Waals surface area contributed by atoms with E-state index in [1.807, 2.05) is 30.3 Å². The molecule has 0 amide bonds. The van der Waals surface area contributed by atoms with Crippen LogP contribution in [0.3, 0.4) is 0 Å². The molecule has 26 heavy (non-hydrogen) atoms. The van der Waals surface area contributed by atoms with E-state index in [1.54, 1.807) is 12.1 Å². The molecule has 0 bridgehead atoms. The maximum Gasteiger partial charge on any atom is 0.335 e. The predicted molar refractivity (Wildman–Crippen MR) is 105 cm³/mol. The molecule has 1 fully saturated rings. The van der Waals surface area contributed by atoms with Crippen LogP contribution in [0.15, 0.2) is 48.5 Å². The minimum Gasteiger partial charge on any atom is -0.478 e. The molecule has 0 aromatic heterocycles. The second kappa shape index (κ2) is 9.17.